The number of carbonyl (C=O) groups is 2. The minimum atomic E-state index is -0.434. The first-order valence-electron chi connectivity index (χ1n) is 4.18. The third-order valence-corrected chi connectivity index (χ3v) is 3.49. The topological polar surface area (TPSA) is 34.1 Å². The lowest BCUT2D eigenvalue weighted by molar-refractivity contribution is -0.124. The Morgan fingerprint density at radius 3 is 1.69 bits per heavy atom. The molecule has 0 aromatic carbocycles. The summed E-state index contributed by atoms with van der Waals surface area (Å²) in [5.74, 6) is -0.520. The van der Waals surface area contributed by atoms with Crippen molar-refractivity contribution in [1.29, 1.82) is 0 Å². The van der Waals surface area contributed by atoms with E-state index in [0.717, 1.165) is 6.42 Å². The van der Waals surface area contributed by atoms with Gasteiger partial charge in [0.15, 0.2) is 0 Å². The molecule has 4 heteroatoms. The number of allylic oxidation sites excluding steroid dienone is 2. The van der Waals surface area contributed by atoms with E-state index in [1.165, 1.54) is 0 Å². The van der Waals surface area contributed by atoms with Crippen molar-refractivity contribution >= 4 is 33.7 Å². The van der Waals surface area contributed by atoms with Gasteiger partial charge in [0, 0.05) is 0 Å². The molecule has 0 spiro atoms. The van der Waals surface area contributed by atoms with Crippen LogP contribution in [0.1, 0.15) is 6.42 Å². The van der Waals surface area contributed by atoms with Gasteiger partial charge in [-0.3, -0.25) is 9.59 Å². The smallest absolute Gasteiger partial charge is 0.226 e. The first kappa shape index (κ1) is 9.22. The van der Waals surface area contributed by atoms with Crippen molar-refractivity contribution in [2.75, 3.05) is 0 Å². The molecule has 0 aliphatic heterocycles. The number of hydrogen-bond donors (Lipinski definition) is 0. The number of fused-ring (bicyclic) bond motifs is 2. The minimum absolute atomic E-state index is 0.127. The molecule has 2 rings (SSSR count). The summed E-state index contributed by atoms with van der Waals surface area (Å²) < 4.78 is 0. The molecule has 2 nitrogen and oxygen atoms in total. The highest BCUT2D eigenvalue weighted by atomic mass is 35.5. The molecular weight excluding hydrogens is 211 g/mol. The lowest BCUT2D eigenvalue weighted by atomic mass is 9.85. The highest BCUT2D eigenvalue weighted by molar-refractivity contribution is 6.66. The van der Waals surface area contributed by atoms with Crippen LogP contribution in [0.5, 0.6) is 0 Å². The second-order valence-electron chi connectivity index (χ2n) is 3.61. The summed E-state index contributed by atoms with van der Waals surface area (Å²) in [7, 11) is 0. The van der Waals surface area contributed by atoms with Gasteiger partial charge in [0.2, 0.25) is 10.5 Å². The van der Waals surface area contributed by atoms with E-state index in [9.17, 15) is 9.59 Å². The van der Waals surface area contributed by atoms with E-state index in [2.05, 4.69) is 0 Å². The van der Waals surface area contributed by atoms with E-state index < -0.39 is 10.5 Å². The van der Waals surface area contributed by atoms with Gasteiger partial charge < -0.3 is 0 Å². The summed E-state index contributed by atoms with van der Waals surface area (Å²) in [5.41, 5.74) is 0. The van der Waals surface area contributed by atoms with Crippen molar-refractivity contribution in [2.45, 2.75) is 6.42 Å². The normalized spacial score (nSPS) is 41.1. The fourth-order valence-corrected chi connectivity index (χ4v) is 3.04. The standard InChI is InChI=1S/C9H8Cl2O2/c10-8(12)6-4-1-2-5(3-4)7(6)9(11)13/h1-2,4-7H,3H2/t4-,5-,6+,7+/m0/s1. The highest BCUT2D eigenvalue weighted by Gasteiger charge is 2.50. The van der Waals surface area contributed by atoms with Crippen LogP contribution in [0.4, 0.5) is 0 Å². The van der Waals surface area contributed by atoms with Gasteiger partial charge in [-0.1, -0.05) is 12.2 Å². The van der Waals surface area contributed by atoms with Crippen LogP contribution in [0.3, 0.4) is 0 Å². The molecule has 0 amide bonds. The van der Waals surface area contributed by atoms with Crippen molar-refractivity contribution in [3.05, 3.63) is 12.2 Å². The monoisotopic (exact) mass is 218 g/mol. The van der Waals surface area contributed by atoms with Gasteiger partial charge in [-0.15, -0.1) is 0 Å². The van der Waals surface area contributed by atoms with E-state index >= 15 is 0 Å². The summed E-state index contributed by atoms with van der Waals surface area (Å²) in [4.78, 5) is 22.1. The molecule has 0 N–H and O–H groups in total. The van der Waals surface area contributed by atoms with Crippen molar-refractivity contribution in [3.63, 3.8) is 0 Å². The van der Waals surface area contributed by atoms with Crippen LogP contribution in [-0.4, -0.2) is 10.5 Å². The van der Waals surface area contributed by atoms with Crippen molar-refractivity contribution < 1.29 is 9.59 Å². The molecule has 70 valence electrons. The molecule has 2 aliphatic carbocycles. The number of rotatable bonds is 2. The molecule has 0 aromatic rings. The first-order valence-corrected chi connectivity index (χ1v) is 4.94. The molecule has 2 aliphatic rings. The predicted molar refractivity (Wildman–Crippen MR) is 49.4 cm³/mol. The van der Waals surface area contributed by atoms with Crippen LogP contribution in [-0.2, 0) is 9.59 Å². The average Bonchev–Trinajstić information content (AvgIpc) is 2.60. The highest BCUT2D eigenvalue weighted by Crippen LogP contribution is 2.49. The molecule has 1 saturated carbocycles. The summed E-state index contributed by atoms with van der Waals surface area (Å²) in [6, 6.07) is 0. The molecular formula is C9H8Cl2O2. The summed E-state index contributed by atoms with van der Waals surface area (Å²) >= 11 is 10.9. The zero-order valence-corrected chi connectivity index (χ0v) is 8.26. The fourth-order valence-electron chi connectivity index (χ4n) is 2.44. The molecule has 2 bridgehead atoms. The van der Waals surface area contributed by atoms with E-state index in [1.54, 1.807) is 0 Å². The third-order valence-electron chi connectivity index (χ3n) is 2.98. The van der Waals surface area contributed by atoms with E-state index in [1.807, 2.05) is 12.2 Å². The van der Waals surface area contributed by atoms with Gasteiger partial charge in [0.1, 0.15) is 0 Å². The summed E-state index contributed by atoms with van der Waals surface area (Å²) in [6.45, 7) is 0. The van der Waals surface area contributed by atoms with Gasteiger partial charge in [-0.25, -0.2) is 0 Å². The molecule has 0 unspecified atom stereocenters. The summed E-state index contributed by atoms with van der Waals surface area (Å²) in [5, 5.41) is -0.869. The van der Waals surface area contributed by atoms with Gasteiger partial charge >= 0.3 is 0 Å². The number of carbonyl (C=O) groups excluding carboxylic acids is 2. The third kappa shape index (κ3) is 1.32. The van der Waals surface area contributed by atoms with E-state index in [4.69, 9.17) is 23.2 Å². The van der Waals surface area contributed by atoms with Crippen LogP contribution >= 0.6 is 23.2 Å². The molecule has 0 saturated heterocycles. The van der Waals surface area contributed by atoms with Gasteiger partial charge in [0.05, 0.1) is 11.8 Å². The van der Waals surface area contributed by atoms with E-state index in [-0.39, 0.29) is 23.7 Å². The second kappa shape index (κ2) is 3.10. The second-order valence-corrected chi connectivity index (χ2v) is 4.35. The molecule has 0 radical (unpaired) electrons. The van der Waals surface area contributed by atoms with Crippen LogP contribution in [0, 0.1) is 23.7 Å². The van der Waals surface area contributed by atoms with Crippen molar-refractivity contribution in [1.82, 2.24) is 0 Å². The number of hydrogen-bond acceptors (Lipinski definition) is 2. The molecule has 1 fully saturated rings. The Hall–Kier alpha value is -0.340. The maximum atomic E-state index is 11.1. The maximum absolute atomic E-state index is 11.1. The minimum Gasteiger partial charge on any atom is -0.281 e. The zero-order valence-electron chi connectivity index (χ0n) is 6.74. The predicted octanol–water partition coefficient (Wildman–Crippen LogP) is 1.96. The largest absolute Gasteiger partial charge is 0.281 e. The fraction of sp³-hybridized carbons (Fsp3) is 0.556. The summed E-state index contributed by atoms with van der Waals surface area (Å²) in [6.07, 6.45) is 4.77. The first-order chi connectivity index (χ1) is 6.11. The van der Waals surface area contributed by atoms with Crippen LogP contribution in [0.15, 0.2) is 12.2 Å². The lowest BCUT2D eigenvalue weighted by Gasteiger charge is -2.20. The molecule has 13 heavy (non-hydrogen) atoms. The Labute approximate surface area is 85.9 Å². The van der Waals surface area contributed by atoms with Gasteiger partial charge in [-0.2, -0.15) is 0 Å². The van der Waals surface area contributed by atoms with Crippen LogP contribution < -0.4 is 0 Å². The Kier molecular flexibility index (Phi) is 2.20. The van der Waals surface area contributed by atoms with Crippen molar-refractivity contribution in [2.24, 2.45) is 23.7 Å². The number of halogens is 2. The Bertz CT molecular complexity index is 270. The van der Waals surface area contributed by atoms with Crippen LogP contribution in [0.2, 0.25) is 0 Å². The Balaban J connectivity index is 2.30. The quantitative estimate of drug-likeness (QED) is 0.525. The average molecular weight is 219 g/mol. The Morgan fingerprint density at radius 1 is 1.00 bits per heavy atom. The van der Waals surface area contributed by atoms with Crippen LogP contribution in [0.25, 0.3) is 0 Å². The van der Waals surface area contributed by atoms with Gasteiger partial charge in [0.25, 0.3) is 0 Å². The lowest BCUT2D eigenvalue weighted by Crippen LogP contribution is -2.28. The Morgan fingerprint density at radius 2 is 1.38 bits per heavy atom. The molecule has 4 atom stereocenters. The van der Waals surface area contributed by atoms with E-state index in [0.29, 0.717) is 0 Å². The molecule has 0 heterocycles. The zero-order chi connectivity index (χ0) is 9.59. The SMILES string of the molecule is O=C(Cl)[C@H]1[C@H](C(=O)Cl)[C@H]2C=C[C@H]1C2. The van der Waals surface area contributed by atoms with Crippen molar-refractivity contribution in [3.8, 4) is 0 Å². The van der Waals surface area contributed by atoms with Gasteiger partial charge in [-0.05, 0) is 41.5 Å². The maximum Gasteiger partial charge on any atom is 0.226 e. The molecule has 0 aromatic heterocycles.